The second-order valence-electron chi connectivity index (χ2n) is 6.56. The van der Waals surface area contributed by atoms with Gasteiger partial charge in [-0.05, 0) is 36.6 Å². The van der Waals surface area contributed by atoms with Crippen LogP contribution in [-0.2, 0) is 11.3 Å². The van der Waals surface area contributed by atoms with E-state index in [0.717, 1.165) is 37.7 Å². The van der Waals surface area contributed by atoms with Gasteiger partial charge in [-0.1, -0.05) is 23.7 Å². The molecule has 0 saturated heterocycles. The number of quaternary nitrogens is 1. The average molecular weight is 417 g/mol. The average Bonchev–Trinajstić information content (AvgIpc) is 2.68. The predicted molar refractivity (Wildman–Crippen MR) is 116 cm³/mol. The Kier molecular flexibility index (Phi) is 6.78. The van der Waals surface area contributed by atoms with E-state index in [9.17, 15) is 4.79 Å². The van der Waals surface area contributed by atoms with Crippen LogP contribution >= 0.6 is 23.4 Å². The van der Waals surface area contributed by atoms with Crippen molar-refractivity contribution in [2.75, 3.05) is 32.3 Å². The molecule has 146 valence electrons. The van der Waals surface area contributed by atoms with Gasteiger partial charge in [-0.15, -0.1) is 11.8 Å². The summed E-state index contributed by atoms with van der Waals surface area (Å²) in [7, 11) is 3.59. The lowest BCUT2D eigenvalue weighted by Crippen LogP contribution is -3.08. The number of nitrogens with one attached hydrogen (secondary N) is 2. The summed E-state index contributed by atoms with van der Waals surface area (Å²) < 4.78 is 5.23. The highest BCUT2D eigenvalue weighted by atomic mass is 35.5. The maximum absolute atomic E-state index is 12.4. The van der Waals surface area contributed by atoms with Crippen LogP contribution in [0.3, 0.4) is 0 Å². The molecule has 0 aliphatic carbocycles. The van der Waals surface area contributed by atoms with E-state index >= 15 is 0 Å². The summed E-state index contributed by atoms with van der Waals surface area (Å²) in [6, 6.07) is 15.5. The molecule has 3 aromatic rings. The van der Waals surface area contributed by atoms with Crippen LogP contribution in [0.15, 0.2) is 53.4 Å². The largest absolute Gasteiger partial charge is 0.497 e. The van der Waals surface area contributed by atoms with E-state index in [2.05, 4.69) is 10.3 Å². The van der Waals surface area contributed by atoms with Crippen molar-refractivity contribution in [1.29, 1.82) is 0 Å². The Morgan fingerprint density at radius 2 is 2.04 bits per heavy atom. The number of amides is 1. The van der Waals surface area contributed by atoms with Crippen LogP contribution in [0.1, 0.15) is 5.56 Å². The van der Waals surface area contributed by atoms with Gasteiger partial charge in [0.15, 0.2) is 6.54 Å². The molecule has 1 unspecified atom stereocenters. The SMILES string of the molecule is COc1ccc2cc(C[NH+](C)CC(=O)Nc3ccccc3SC)c(Cl)nc2c1. The Morgan fingerprint density at radius 1 is 1.25 bits per heavy atom. The Hall–Kier alpha value is -2.28. The molecule has 1 heterocycles. The van der Waals surface area contributed by atoms with E-state index in [1.807, 2.05) is 61.8 Å². The number of nitrogens with zero attached hydrogens (tertiary/aromatic N) is 1. The third-order valence-corrected chi connectivity index (χ3v) is 5.51. The summed E-state index contributed by atoms with van der Waals surface area (Å²) in [5.41, 5.74) is 2.54. The molecule has 0 radical (unpaired) electrons. The first-order chi connectivity index (χ1) is 13.5. The Labute approximate surface area is 174 Å². The molecule has 1 atom stereocenters. The van der Waals surface area contributed by atoms with Gasteiger partial charge < -0.3 is 15.0 Å². The number of methoxy groups -OCH3 is 1. The molecule has 2 aromatic carbocycles. The molecule has 0 spiro atoms. The van der Waals surface area contributed by atoms with Gasteiger partial charge in [-0.25, -0.2) is 4.98 Å². The molecule has 7 heteroatoms. The highest BCUT2D eigenvalue weighted by Gasteiger charge is 2.15. The van der Waals surface area contributed by atoms with E-state index in [-0.39, 0.29) is 5.91 Å². The zero-order chi connectivity index (χ0) is 20.1. The minimum atomic E-state index is -0.0337. The molecule has 28 heavy (non-hydrogen) atoms. The number of pyridine rings is 1. The molecule has 3 rings (SSSR count). The lowest BCUT2D eigenvalue weighted by atomic mass is 10.1. The van der Waals surface area contributed by atoms with Crippen LogP contribution in [0.4, 0.5) is 5.69 Å². The highest BCUT2D eigenvalue weighted by molar-refractivity contribution is 7.98. The molecule has 0 fully saturated rings. The zero-order valence-corrected chi connectivity index (χ0v) is 17.7. The number of hydrogen-bond donors (Lipinski definition) is 2. The third kappa shape index (κ3) is 4.95. The van der Waals surface area contributed by atoms with Crippen LogP contribution in [0, 0.1) is 0 Å². The maximum Gasteiger partial charge on any atom is 0.279 e. The zero-order valence-electron chi connectivity index (χ0n) is 16.1. The quantitative estimate of drug-likeness (QED) is 0.458. The second-order valence-corrected chi connectivity index (χ2v) is 7.76. The summed E-state index contributed by atoms with van der Waals surface area (Å²) in [5.74, 6) is 0.711. The fraction of sp³-hybridized carbons (Fsp3) is 0.238. The van der Waals surface area contributed by atoms with Crippen LogP contribution in [-0.4, -0.2) is 37.8 Å². The number of para-hydroxylation sites is 1. The van der Waals surface area contributed by atoms with Crippen molar-refractivity contribution in [3.63, 3.8) is 0 Å². The van der Waals surface area contributed by atoms with Crippen molar-refractivity contribution in [2.45, 2.75) is 11.4 Å². The number of anilines is 1. The number of carbonyl (C=O) groups is 1. The smallest absolute Gasteiger partial charge is 0.279 e. The molecule has 0 aliphatic rings. The van der Waals surface area contributed by atoms with E-state index in [1.165, 1.54) is 0 Å². The summed E-state index contributed by atoms with van der Waals surface area (Å²) >= 11 is 7.99. The monoisotopic (exact) mass is 416 g/mol. The van der Waals surface area contributed by atoms with E-state index < -0.39 is 0 Å². The number of likely N-dealkylation sites (N-methyl/N-ethyl adjacent to an activating group) is 1. The van der Waals surface area contributed by atoms with Gasteiger partial charge in [-0.2, -0.15) is 0 Å². The minimum Gasteiger partial charge on any atom is -0.497 e. The molecule has 0 bridgehead atoms. The van der Waals surface area contributed by atoms with Gasteiger partial charge in [-0.3, -0.25) is 4.79 Å². The molecule has 1 amide bonds. The highest BCUT2D eigenvalue weighted by Crippen LogP contribution is 2.25. The number of benzene rings is 2. The number of thioether (sulfide) groups is 1. The molecule has 0 saturated carbocycles. The number of halogens is 1. The molecule has 5 nitrogen and oxygen atoms in total. The lowest BCUT2D eigenvalue weighted by Gasteiger charge is -2.16. The lowest BCUT2D eigenvalue weighted by molar-refractivity contribution is -0.885. The van der Waals surface area contributed by atoms with Crippen molar-refractivity contribution >= 4 is 45.9 Å². The van der Waals surface area contributed by atoms with Gasteiger partial charge in [0.1, 0.15) is 17.4 Å². The molecular formula is C21H23ClN3O2S+. The Balaban J connectivity index is 1.67. The minimum absolute atomic E-state index is 0.0337. The number of rotatable bonds is 7. The number of carbonyl (C=O) groups excluding carboxylic acids is 1. The van der Waals surface area contributed by atoms with E-state index in [1.54, 1.807) is 18.9 Å². The summed E-state index contributed by atoms with van der Waals surface area (Å²) in [6.45, 7) is 0.936. The fourth-order valence-electron chi connectivity index (χ4n) is 3.02. The van der Waals surface area contributed by atoms with Crippen molar-refractivity contribution < 1.29 is 14.4 Å². The van der Waals surface area contributed by atoms with Gasteiger partial charge in [0, 0.05) is 21.9 Å². The standard InChI is InChI=1S/C21H22ClN3O2S/c1-25(13-20(26)23-17-6-4-5-7-19(17)28-3)12-15-10-14-8-9-16(27-2)11-18(14)24-21(15)22/h4-11H,12-13H2,1-3H3,(H,23,26)/p+1. The summed E-state index contributed by atoms with van der Waals surface area (Å²) in [5, 5.41) is 4.44. The third-order valence-electron chi connectivity index (χ3n) is 4.39. The van der Waals surface area contributed by atoms with Crippen molar-refractivity contribution in [3.05, 3.63) is 59.2 Å². The van der Waals surface area contributed by atoms with Crippen LogP contribution in [0.2, 0.25) is 5.15 Å². The van der Waals surface area contributed by atoms with Crippen LogP contribution < -0.4 is 15.0 Å². The first-order valence-corrected chi connectivity index (χ1v) is 10.5. The molecule has 2 N–H and O–H groups in total. The Morgan fingerprint density at radius 3 is 2.79 bits per heavy atom. The van der Waals surface area contributed by atoms with Crippen LogP contribution in [0.5, 0.6) is 5.75 Å². The maximum atomic E-state index is 12.4. The van der Waals surface area contributed by atoms with E-state index in [4.69, 9.17) is 16.3 Å². The molecular weight excluding hydrogens is 394 g/mol. The van der Waals surface area contributed by atoms with Gasteiger partial charge >= 0.3 is 0 Å². The number of hydrogen-bond acceptors (Lipinski definition) is 4. The van der Waals surface area contributed by atoms with Crippen molar-refractivity contribution in [2.24, 2.45) is 0 Å². The van der Waals surface area contributed by atoms with E-state index in [0.29, 0.717) is 18.2 Å². The topological polar surface area (TPSA) is 55.7 Å². The van der Waals surface area contributed by atoms with Gasteiger partial charge in [0.05, 0.1) is 25.4 Å². The predicted octanol–water partition coefficient (Wildman–Crippen LogP) is 3.27. The summed E-state index contributed by atoms with van der Waals surface area (Å²) in [6.07, 6.45) is 1.99. The van der Waals surface area contributed by atoms with Crippen molar-refractivity contribution in [3.8, 4) is 5.75 Å². The molecule has 1 aromatic heterocycles. The molecule has 0 aliphatic heterocycles. The number of aromatic nitrogens is 1. The van der Waals surface area contributed by atoms with Gasteiger partial charge in [0.25, 0.3) is 5.91 Å². The number of ether oxygens (including phenoxy) is 1. The first-order valence-electron chi connectivity index (χ1n) is 8.87. The normalized spacial score (nSPS) is 12.0. The number of fused-ring (bicyclic) bond motifs is 1. The first kappa shape index (κ1) is 20.5. The Bertz CT molecular complexity index is 997. The fourth-order valence-corrected chi connectivity index (χ4v) is 3.79. The van der Waals surface area contributed by atoms with Crippen LogP contribution in [0.25, 0.3) is 10.9 Å². The summed E-state index contributed by atoms with van der Waals surface area (Å²) in [4.78, 5) is 19.0. The van der Waals surface area contributed by atoms with Gasteiger partial charge in [0.2, 0.25) is 0 Å². The second kappa shape index (κ2) is 9.28. The van der Waals surface area contributed by atoms with Crippen molar-refractivity contribution in [1.82, 2.24) is 4.98 Å².